The van der Waals surface area contributed by atoms with Crippen LogP contribution in [0.15, 0.2) is 54.6 Å². The Morgan fingerprint density at radius 2 is 1.76 bits per heavy atom. The molecule has 0 spiro atoms. The van der Waals surface area contributed by atoms with Gasteiger partial charge < -0.3 is 20.3 Å². The van der Waals surface area contributed by atoms with Crippen molar-refractivity contribution in [3.8, 4) is 5.75 Å². The van der Waals surface area contributed by atoms with Crippen molar-refractivity contribution in [2.24, 2.45) is 11.7 Å². The van der Waals surface area contributed by atoms with E-state index >= 15 is 0 Å². The zero-order valence-corrected chi connectivity index (χ0v) is 14.6. The summed E-state index contributed by atoms with van der Waals surface area (Å²) in [5.74, 6) is 0.384. The number of aliphatic hydroxyl groups excluding tert-OH is 1. The Hall–Kier alpha value is -2.37. The number of hydrogen-bond donors (Lipinski definition) is 2. The van der Waals surface area contributed by atoms with Gasteiger partial charge in [0.1, 0.15) is 5.75 Å². The molecule has 2 unspecified atom stereocenters. The SMILES string of the molecule is COC(=O)Cc1ccc(OC[C@@H](C)C(N)C(O)c2ccccc2)cc1. The van der Waals surface area contributed by atoms with Gasteiger partial charge in [0.2, 0.25) is 0 Å². The molecule has 2 aromatic rings. The maximum Gasteiger partial charge on any atom is 0.309 e. The highest BCUT2D eigenvalue weighted by Crippen LogP contribution is 2.21. The highest BCUT2D eigenvalue weighted by Gasteiger charge is 2.23. The number of methoxy groups -OCH3 is 1. The van der Waals surface area contributed by atoms with Crippen molar-refractivity contribution >= 4 is 5.97 Å². The van der Waals surface area contributed by atoms with Crippen molar-refractivity contribution < 1.29 is 19.4 Å². The van der Waals surface area contributed by atoms with Crippen LogP contribution < -0.4 is 10.5 Å². The second kappa shape index (κ2) is 9.20. The lowest BCUT2D eigenvalue weighted by molar-refractivity contribution is -0.139. The Labute approximate surface area is 148 Å². The van der Waals surface area contributed by atoms with Gasteiger partial charge in [-0.05, 0) is 23.3 Å². The molecule has 0 heterocycles. The summed E-state index contributed by atoms with van der Waals surface area (Å²) in [6.07, 6.45) is -0.497. The van der Waals surface area contributed by atoms with Crippen LogP contribution in [0.1, 0.15) is 24.2 Å². The fourth-order valence-corrected chi connectivity index (χ4v) is 2.46. The average Bonchev–Trinajstić information content (AvgIpc) is 2.66. The zero-order valence-electron chi connectivity index (χ0n) is 14.6. The molecule has 25 heavy (non-hydrogen) atoms. The van der Waals surface area contributed by atoms with Crippen molar-refractivity contribution in [3.63, 3.8) is 0 Å². The molecule has 0 fully saturated rings. The minimum absolute atomic E-state index is 0.0371. The summed E-state index contributed by atoms with van der Waals surface area (Å²) in [5, 5.41) is 10.4. The van der Waals surface area contributed by atoms with Gasteiger partial charge >= 0.3 is 5.97 Å². The fourth-order valence-electron chi connectivity index (χ4n) is 2.46. The molecule has 0 aliphatic carbocycles. The third-order valence-electron chi connectivity index (χ3n) is 4.18. The largest absolute Gasteiger partial charge is 0.493 e. The predicted octanol–water partition coefficient (Wildman–Crippen LogP) is 2.48. The van der Waals surface area contributed by atoms with E-state index in [1.807, 2.05) is 61.5 Å². The summed E-state index contributed by atoms with van der Waals surface area (Å²) < 4.78 is 10.4. The van der Waals surface area contributed by atoms with Gasteiger partial charge in [0.05, 0.1) is 26.2 Å². The van der Waals surface area contributed by atoms with Crippen LogP contribution >= 0.6 is 0 Å². The maximum absolute atomic E-state index is 11.2. The molecule has 3 N–H and O–H groups in total. The van der Waals surface area contributed by atoms with Crippen LogP contribution in [0, 0.1) is 5.92 Å². The van der Waals surface area contributed by atoms with Crippen LogP contribution in [0.4, 0.5) is 0 Å². The summed E-state index contributed by atoms with van der Waals surface area (Å²) in [4.78, 5) is 11.2. The van der Waals surface area contributed by atoms with Gasteiger partial charge in [-0.3, -0.25) is 4.79 Å². The number of carbonyl (C=O) groups is 1. The minimum atomic E-state index is -0.734. The molecule has 0 saturated heterocycles. The number of benzene rings is 2. The first kappa shape index (κ1) is 19.0. The van der Waals surface area contributed by atoms with E-state index in [1.54, 1.807) is 0 Å². The van der Waals surface area contributed by atoms with E-state index in [9.17, 15) is 9.90 Å². The van der Waals surface area contributed by atoms with Crippen LogP contribution in [0.2, 0.25) is 0 Å². The smallest absolute Gasteiger partial charge is 0.309 e. The molecular weight excluding hydrogens is 318 g/mol. The zero-order chi connectivity index (χ0) is 18.2. The molecular formula is C20H25NO4. The van der Waals surface area contributed by atoms with E-state index in [0.29, 0.717) is 12.4 Å². The maximum atomic E-state index is 11.2. The molecule has 2 rings (SSSR count). The molecule has 0 radical (unpaired) electrons. The first-order valence-corrected chi connectivity index (χ1v) is 8.28. The van der Waals surface area contributed by atoms with Crippen LogP contribution in [-0.4, -0.2) is 30.8 Å². The lowest BCUT2D eigenvalue weighted by atomic mass is 9.93. The Morgan fingerprint density at radius 3 is 2.36 bits per heavy atom. The Morgan fingerprint density at radius 1 is 1.12 bits per heavy atom. The molecule has 0 saturated carbocycles. The van der Waals surface area contributed by atoms with E-state index in [1.165, 1.54) is 7.11 Å². The van der Waals surface area contributed by atoms with Gasteiger partial charge in [-0.2, -0.15) is 0 Å². The topological polar surface area (TPSA) is 81.8 Å². The normalized spacial score (nSPS) is 14.4. The fraction of sp³-hybridized carbons (Fsp3) is 0.350. The molecule has 5 nitrogen and oxygen atoms in total. The molecule has 0 bridgehead atoms. The monoisotopic (exact) mass is 343 g/mol. The first-order chi connectivity index (χ1) is 12.0. The molecule has 0 aliphatic rings. The summed E-state index contributed by atoms with van der Waals surface area (Å²) in [5.41, 5.74) is 7.83. The highest BCUT2D eigenvalue weighted by atomic mass is 16.5. The molecule has 5 heteroatoms. The number of nitrogens with two attached hydrogens (primary N) is 1. The van der Waals surface area contributed by atoms with Crippen molar-refractivity contribution in [1.29, 1.82) is 0 Å². The van der Waals surface area contributed by atoms with Crippen LogP contribution in [0.25, 0.3) is 0 Å². The highest BCUT2D eigenvalue weighted by molar-refractivity contribution is 5.72. The van der Waals surface area contributed by atoms with Crippen LogP contribution in [0.5, 0.6) is 5.75 Å². The number of esters is 1. The summed E-state index contributed by atoms with van der Waals surface area (Å²) in [6.45, 7) is 2.34. The van der Waals surface area contributed by atoms with Crippen molar-refractivity contribution in [2.45, 2.75) is 25.5 Å². The van der Waals surface area contributed by atoms with Gasteiger partial charge in [0, 0.05) is 12.0 Å². The Bertz CT molecular complexity index is 657. The second-order valence-corrected chi connectivity index (χ2v) is 6.12. The standard InChI is InChI=1S/C20H25NO4/c1-14(19(21)20(23)16-6-4-3-5-7-16)13-25-17-10-8-15(9-11-17)12-18(22)24-2/h3-11,14,19-20,23H,12-13,21H2,1-2H3/t14-,19?,20?/m1/s1. The van der Waals surface area contributed by atoms with Gasteiger partial charge in [0.25, 0.3) is 0 Å². The third-order valence-corrected chi connectivity index (χ3v) is 4.18. The van der Waals surface area contributed by atoms with E-state index in [-0.39, 0.29) is 18.3 Å². The third kappa shape index (κ3) is 5.59. The Balaban J connectivity index is 1.86. The number of ether oxygens (including phenoxy) is 2. The average molecular weight is 343 g/mol. The van der Waals surface area contributed by atoms with Crippen molar-refractivity contribution in [3.05, 3.63) is 65.7 Å². The molecule has 3 atom stereocenters. The van der Waals surface area contributed by atoms with Gasteiger partial charge in [-0.15, -0.1) is 0 Å². The second-order valence-electron chi connectivity index (χ2n) is 6.12. The summed E-state index contributed by atoms with van der Waals surface area (Å²) >= 11 is 0. The van der Waals surface area contributed by atoms with Gasteiger partial charge in [0.15, 0.2) is 0 Å². The van der Waals surface area contributed by atoms with Crippen molar-refractivity contribution in [2.75, 3.05) is 13.7 Å². The summed E-state index contributed by atoms with van der Waals surface area (Å²) in [6, 6.07) is 16.2. The Kier molecular flexibility index (Phi) is 6.98. The molecule has 0 aliphatic heterocycles. The minimum Gasteiger partial charge on any atom is -0.493 e. The van der Waals surface area contributed by atoms with Crippen LogP contribution in [-0.2, 0) is 16.0 Å². The van der Waals surface area contributed by atoms with E-state index < -0.39 is 12.1 Å². The molecule has 134 valence electrons. The van der Waals surface area contributed by atoms with E-state index in [4.69, 9.17) is 10.5 Å². The molecule has 0 aromatic heterocycles. The van der Waals surface area contributed by atoms with Crippen molar-refractivity contribution in [1.82, 2.24) is 0 Å². The van der Waals surface area contributed by atoms with Gasteiger partial charge in [-0.1, -0.05) is 49.4 Å². The number of aliphatic hydroxyl groups is 1. The number of hydrogen-bond acceptors (Lipinski definition) is 5. The number of rotatable bonds is 8. The van der Waals surface area contributed by atoms with Crippen LogP contribution in [0.3, 0.4) is 0 Å². The molecule has 0 amide bonds. The van der Waals surface area contributed by atoms with E-state index in [2.05, 4.69) is 4.74 Å². The first-order valence-electron chi connectivity index (χ1n) is 8.28. The lowest BCUT2D eigenvalue weighted by Gasteiger charge is -2.25. The predicted molar refractivity (Wildman–Crippen MR) is 96.2 cm³/mol. The van der Waals surface area contributed by atoms with E-state index in [0.717, 1.165) is 11.1 Å². The molecule has 2 aromatic carbocycles. The summed E-state index contributed by atoms with van der Waals surface area (Å²) in [7, 11) is 1.37. The lowest BCUT2D eigenvalue weighted by Crippen LogP contribution is -2.37. The number of carbonyl (C=O) groups excluding carboxylic acids is 1. The quantitative estimate of drug-likeness (QED) is 0.720. The van der Waals surface area contributed by atoms with Gasteiger partial charge in [-0.25, -0.2) is 0 Å².